The van der Waals surface area contributed by atoms with E-state index in [2.05, 4.69) is 48.6 Å². The highest BCUT2D eigenvalue weighted by atomic mass is 16.2. The molecule has 7 nitrogen and oxygen atoms in total. The van der Waals surface area contributed by atoms with Crippen LogP contribution in [0.1, 0.15) is 59.7 Å². The van der Waals surface area contributed by atoms with Crippen molar-refractivity contribution < 1.29 is 14.4 Å². The molecule has 0 bridgehead atoms. The third-order valence-electron chi connectivity index (χ3n) is 6.59. The van der Waals surface area contributed by atoms with Gasteiger partial charge in [-0.05, 0) is 68.4 Å². The summed E-state index contributed by atoms with van der Waals surface area (Å²) in [5.41, 5.74) is 5.93. The molecular weight excluding hydrogens is 416 g/mol. The second-order valence-corrected chi connectivity index (χ2v) is 9.13. The Morgan fingerprint density at radius 3 is 2.76 bits per heavy atom. The molecule has 2 aromatic rings. The molecule has 4 rings (SSSR count). The van der Waals surface area contributed by atoms with Gasteiger partial charge in [0.1, 0.15) is 0 Å². The highest BCUT2D eigenvalue weighted by molar-refractivity contribution is 6.01. The number of carbonyl (C=O) groups excluding carboxylic acids is 3. The van der Waals surface area contributed by atoms with Gasteiger partial charge in [0.25, 0.3) is 0 Å². The van der Waals surface area contributed by atoms with E-state index in [0.29, 0.717) is 19.4 Å². The number of aromatic nitrogens is 1. The number of carbonyl (C=O) groups is 3. The number of benzene rings is 1. The van der Waals surface area contributed by atoms with Gasteiger partial charge < -0.3 is 10.2 Å². The molecule has 3 heterocycles. The minimum atomic E-state index is -0.363. The molecule has 2 saturated heterocycles. The topological polar surface area (TPSA) is 82.6 Å². The van der Waals surface area contributed by atoms with E-state index in [1.165, 1.54) is 21.6 Å². The van der Waals surface area contributed by atoms with Crippen LogP contribution in [-0.2, 0) is 16.0 Å². The van der Waals surface area contributed by atoms with E-state index in [-0.39, 0.29) is 36.9 Å². The Hall–Kier alpha value is -3.22. The van der Waals surface area contributed by atoms with Crippen molar-refractivity contribution in [2.45, 2.75) is 51.9 Å². The maximum atomic E-state index is 12.8. The molecule has 1 N–H and O–H groups in total. The molecule has 0 aliphatic carbocycles. The number of aryl methyl sites for hydroxylation is 2. The Kier molecular flexibility index (Phi) is 7.06. The van der Waals surface area contributed by atoms with Crippen molar-refractivity contribution in [3.63, 3.8) is 0 Å². The Balaban J connectivity index is 1.37. The SMILES string of the molecule is Cc1cc(Cc2ccccc2C)cc(C2CCCN(C(=O)CCCN3C(=O)CNC3=O)C2)n1. The smallest absolute Gasteiger partial charge is 0.324 e. The molecule has 0 spiro atoms. The molecule has 2 aliphatic heterocycles. The molecule has 2 aliphatic rings. The first kappa shape index (κ1) is 23.0. The van der Waals surface area contributed by atoms with E-state index in [4.69, 9.17) is 4.98 Å². The fourth-order valence-electron chi connectivity index (χ4n) is 4.78. The van der Waals surface area contributed by atoms with Crippen molar-refractivity contribution in [2.75, 3.05) is 26.2 Å². The van der Waals surface area contributed by atoms with E-state index in [1.807, 2.05) is 11.8 Å². The van der Waals surface area contributed by atoms with Crippen molar-refractivity contribution in [1.29, 1.82) is 0 Å². The number of hydrogen-bond acceptors (Lipinski definition) is 4. The van der Waals surface area contributed by atoms with E-state index in [1.54, 1.807) is 0 Å². The summed E-state index contributed by atoms with van der Waals surface area (Å²) in [5.74, 6) is 0.0845. The molecule has 1 aromatic heterocycles. The highest BCUT2D eigenvalue weighted by Gasteiger charge is 2.29. The second kappa shape index (κ2) is 10.1. The maximum absolute atomic E-state index is 12.8. The number of imide groups is 1. The number of likely N-dealkylation sites (tertiary alicyclic amines) is 1. The zero-order valence-corrected chi connectivity index (χ0v) is 19.5. The Bertz CT molecular complexity index is 1040. The van der Waals surface area contributed by atoms with Gasteiger partial charge >= 0.3 is 6.03 Å². The third kappa shape index (κ3) is 5.59. The fourth-order valence-corrected chi connectivity index (χ4v) is 4.78. The monoisotopic (exact) mass is 448 g/mol. The average molecular weight is 449 g/mol. The maximum Gasteiger partial charge on any atom is 0.324 e. The highest BCUT2D eigenvalue weighted by Crippen LogP contribution is 2.28. The first-order chi connectivity index (χ1) is 15.9. The zero-order valence-electron chi connectivity index (χ0n) is 19.5. The van der Waals surface area contributed by atoms with Crippen LogP contribution in [0, 0.1) is 13.8 Å². The number of urea groups is 1. The van der Waals surface area contributed by atoms with Crippen molar-refractivity contribution in [3.8, 4) is 0 Å². The van der Waals surface area contributed by atoms with Gasteiger partial charge in [-0.25, -0.2) is 4.79 Å². The largest absolute Gasteiger partial charge is 0.342 e. The Labute approximate surface area is 195 Å². The lowest BCUT2D eigenvalue weighted by molar-refractivity contribution is -0.133. The van der Waals surface area contributed by atoms with E-state index in [9.17, 15) is 14.4 Å². The number of amides is 4. The molecular formula is C26H32N4O3. The molecule has 1 atom stereocenters. The van der Waals surface area contributed by atoms with Crippen LogP contribution < -0.4 is 5.32 Å². The average Bonchev–Trinajstić information content (AvgIpc) is 3.12. The summed E-state index contributed by atoms with van der Waals surface area (Å²) in [7, 11) is 0. The minimum absolute atomic E-state index is 0.0515. The van der Waals surface area contributed by atoms with E-state index in [0.717, 1.165) is 37.2 Å². The molecule has 0 saturated carbocycles. The predicted molar refractivity (Wildman–Crippen MR) is 126 cm³/mol. The number of nitrogens with one attached hydrogen (secondary N) is 1. The van der Waals surface area contributed by atoms with Crippen molar-refractivity contribution in [2.24, 2.45) is 0 Å². The fraction of sp³-hybridized carbons (Fsp3) is 0.462. The molecule has 2 fully saturated rings. The first-order valence-electron chi connectivity index (χ1n) is 11.8. The van der Waals surface area contributed by atoms with Crippen LogP contribution in [0.25, 0.3) is 0 Å². The lowest BCUT2D eigenvalue weighted by atomic mass is 9.91. The summed E-state index contributed by atoms with van der Waals surface area (Å²) in [6, 6.07) is 12.4. The molecule has 0 radical (unpaired) electrons. The first-order valence-corrected chi connectivity index (χ1v) is 11.8. The molecule has 174 valence electrons. The van der Waals surface area contributed by atoms with Gasteiger partial charge in [0, 0.05) is 43.4 Å². The lowest BCUT2D eigenvalue weighted by Gasteiger charge is -2.33. The number of nitrogens with zero attached hydrogens (tertiary/aromatic N) is 3. The second-order valence-electron chi connectivity index (χ2n) is 9.13. The summed E-state index contributed by atoms with van der Waals surface area (Å²) < 4.78 is 0. The lowest BCUT2D eigenvalue weighted by Crippen LogP contribution is -2.40. The molecule has 1 unspecified atom stereocenters. The van der Waals surface area contributed by atoms with Crippen LogP contribution in [0.15, 0.2) is 36.4 Å². The van der Waals surface area contributed by atoms with Gasteiger partial charge in [-0.3, -0.25) is 19.5 Å². The summed E-state index contributed by atoms with van der Waals surface area (Å²) in [6.07, 6.45) is 3.67. The molecule has 1 aromatic carbocycles. The predicted octanol–water partition coefficient (Wildman–Crippen LogP) is 3.33. The molecule has 33 heavy (non-hydrogen) atoms. The number of hydrogen-bond donors (Lipinski definition) is 1. The Morgan fingerprint density at radius 2 is 2.00 bits per heavy atom. The van der Waals surface area contributed by atoms with Gasteiger partial charge in [-0.2, -0.15) is 0 Å². The van der Waals surface area contributed by atoms with Gasteiger partial charge in [-0.1, -0.05) is 24.3 Å². The number of piperidine rings is 1. The van der Waals surface area contributed by atoms with Crippen molar-refractivity contribution in [1.82, 2.24) is 20.1 Å². The standard InChI is InChI=1S/C26H32N4O3/c1-18-7-3-4-8-21(18)14-20-13-19(2)28-23(15-20)22-9-5-11-29(17-22)24(31)10-6-12-30-25(32)16-27-26(30)33/h3-4,7-8,13,15,22H,5-6,9-12,14,16-17H2,1-2H3,(H,27,33). The summed E-state index contributed by atoms with van der Waals surface area (Å²) in [6.45, 7) is 5.93. The van der Waals surface area contributed by atoms with Gasteiger partial charge in [-0.15, -0.1) is 0 Å². The number of rotatable bonds is 7. The quantitative estimate of drug-likeness (QED) is 0.659. The zero-order chi connectivity index (χ0) is 23.4. The van der Waals surface area contributed by atoms with Gasteiger partial charge in [0.2, 0.25) is 11.8 Å². The van der Waals surface area contributed by atoms with Crippen molar-refractivity contribution in [3.05, 3.63) is 64.5 Å². The van der Waals surface area contributed by atoms with Crippen LogP contribution in [0.5, 0.6) is 0 Å². The summed E-state index contributed by atoms with van der Waals surface area (Å²) in [5, 5.41) is 2.51. The van der Waals surface area contributed by atoms with Crippen LogP contribution in [0.3, 0.4) is 0 Å². The summed E-state index contributed by atoms with van der Waals surface area (Å²) >= 11 is 0. The van der Waals surface area contributed by atoms with Crippen molar-refractivity contribution >= 4 is 17.8 Å². The van der Waals surface area contributed by atoms with Crippen LogP contribution in [0.2, 0.25) is 0 Å². The summed E-state index contributed by atoms with van der Waals surface area (Å²) in [4.78, 5) is 44.1. The van der Waals surface area contributed by atoms with Crippen LogP contribution >= 0.6 is 0 Å². The third-order valence-corrected chi connectivity index (χ3v) is 6.59. The van der Waals surface area contributed by atoms with Gasteiger partial charge in [0.05, 0.1) is 6.54 Å². The number of pyridine rings is 1. The minimum Gasteiger partial charge on any atom is -0.342 e. The normalized spacial score (nSPS) is 18.5. The van der Waals surface area contributed by atoms with Gasteiger partial charge in [0.15, 0.2) is 0 Å². The Morgan fingerprint density at radius 1 is 1.18 bits per heavy atom. The molecule has 7 heteroatoms. The van der Waals surface area contributed by atoms with Crippen LogP contribution in [-0.4, -0.2) is 58.8 Å². The molecule has 4 amide bonds. The van der Waals surface area contributed by atoms with E-state index >= 15 is 0 Å². The van der Waals surface area contributed by atoms with E-state index < -0.39 is 0 Å². The van der Waals surface area contributed by atoms with Crippen LogP contribution in [0.4, 0.5) is 4.79 Å².